The number of carbonyl (C=O) groups is 2. The van der Waals surface area contributed by atoms with Gasteiger partial charge in [0.1, 0.15) is 0 Å². The van der Waals surface area contributed by atoms with E-state index in [0.29, 0.717) is 58.9 Å². The van der Waals surface area contributed by atoms with Gasteiger partial charge in [0.05, 0.1) is 43.3 Å². The van der Waals surface area contributed by atoms with Gasteiger partial charge in [0, 0.05) is 24.1 Å². The highest BCUT2D eigenvalue weighted by Crippen LogP contribution is 2.41. The van der Waals surface area contributed by atoms with Crippen LogP contribution in [0.1, 0.15) is 47.2 Å². The van der Waals surface area contributed by atoms with Crippen LogP contribution in [0.4, 0.5) is 0 Å². The van der Waals surface area contributed by atoms with Gasteiger partial charge in [0.2, 0.25) is 11.7 Å². The lowest BCUT2D eigenvalue weighted by Crippen LogP contribution is -2.51. The maximum Gasteiger partial charge on any atom is 0.230 e. The molecule has 3 aromatic carbocycles. The highest BCUT2D eigenvalue weighted by molar-refractivity contribution is 6.42. The molecule has 2 aliphatic rings. The van der Waals surface area contributed by atoms with Crippen molar-refractivity contribution in [3.05, 3.63) is 87.4 Å². The number of hydrogen-bond acceptors (Lipinski definition) is 7. The van der Waals surface area contributed by atoms with Crippen molar-refractivity contribution in [2.24, 2.45) is 0 Å². The van der Waals surface area contributed by atoms with Gasteiger partial charge >= 0.3 is 0 Å². The van der Waals surface area contributed by atoms with Crippen LogP contribution in [0.5, 0.6) is 17.2 Å². The molecule has 2 fully saturated rings. The van der Waals surface area contributed by atoms with Crippen LogP contribution in [0.2, 0.25) is 10.0 Å². The van der Waals surface area contributed by atoms with Crippen LogP contribution in [0.15, 0.2) is 60.7 Å². The second-order valence-electron chi connectivity index (χ2n) is 11.9. The van der Waals surface area contributed by atoms with E-state index in [2.05, 4.69) is 27.7 Å². The van der Waals surface area contributed by atoms with E-state index in [9.17, 15) is 9.59 Å². The summed E-state index contributed by atoms with van der Waals surface area (Å²) in [5.74, 6) is 1.32. The maximum atomic E-state index is 13.9. The summed E-state index contributed by atoms with van der Waals surface area (Å²) in [6.07, 6.45) is 2.99. The number of rotatable bonds is 12. The monoisotopic (exact) mass is 653 g/mol. The van der Waals surface area contributed by atoms with Crippen LogP contribution in [0.3, 0.4) is 0 Å². The third-order valence-electron chi connectivity index (χ3n) is 9.43. The topological polar surface area (TPSA) is 89.1 Å². The van der Waals surface area contributed by atoms with E-state index < -0.39 is 5.41 Å². The van der Waals surface area contributed by atoms with Crippen LogP contribution in [-0.2, 0) is 15.6 Å². The number of benzene rings is 3. The quantitative estimate of drug-likeness (QED) is 0.243. The number of Topliss-reactive ketones (excluding diaryl/α,β-unsaturated/α-hetero) is 1. The molecule has 5 rings (SSSR count). The summed E-state index contributed by atoms with van der Waals surface area (Å²) in [7, 11) is 4.59. The second-order valence-corrected chi connectivity index (χ2v) is 12.7. The molecule has 0 radical (unpaired) electrons. The molecule has 240 valence electrons. The van der Waals surface area contributed by atoms with Crippen molar-refractivity contribution >= 4 is 34.9 Å². The summed E-state index contributed by atoms with van der Waals surface area (Å²) >= 11 is 12.8. The molecule has 10 heteroatoms. The fraction of sp³-hybridized carbons (Fsp3) is 0.429. The molecule has 3 aromatic rings. The number of nitrogens with zero attached hydrogens (tertiary/aromatic N) is 1. The Bertz CT molecular complexity index is 1490. The molecule has 2 heterocycles. The molecule has 0 aliphatic carbocycles. The zero-order valence-corrected chi connectivity index (χ0v) is 27.6. The predicted molar refractivity (Wildman–Crippen MR) is 177 cm³/mol. The molecule has 1 amide bonds. The van der Waals surface area contributed by atoms with Crippen LogP contribution >= 0.6 is 23.2 Å². The van der Waals surface area contributed by atoms with Gasteiger partial charge in [-0.2, -0.15) is 0 Å². The molecule has 2 aliphatic heterocycles. The highest BCUT2D eigenvalue weighted by atomic mass is 35.5. The largest absolute Gasteiger partial charge is 0.493 e. The van der Waals surface area contributed by atoms with Crippen molar-refractivity contribution in [2.45, 2.75) is 36.5 Å². The number of ether oxygens (including phenoxy) is 3. The summed E-state index contributed by atoms with van der Waals surface area (Å²) < 4.78 is 16.3. The lowest BCUT2D eigenvalue weighted by Gasteiger charge is -2.37. The van der Waals surface area contributed by atoms with Gasteiger partial charge in [-0.3, -0.25) is 14.5 Å². The third kappa shape index (κ3) is 6.94. The Morgan fingerprint density at radius 1 is 0.867 bits per heavy atom. The minimum atomic E-state index is -0.558. The Kier molecular flexibility index (Phi) is 10.6. The number of methoxy groups -OCH3 is 3. The smallest absolute Gasteiger partial charge is 0.230 e. The highest BCUT2D eigenvalue weighted by Gasteiger charge is 2.43. The molecule has 45 heavy (non-hydrogen) atoms. The Balaban J connectivity index is 1.34. The third-order valence-corrected chi connectivity index (χ3v) is 10.2. The first-order valence-electron chi connectivity index (χ1n) is 15.3. The molecule has 1 unspecified atom stereocenters. The number of nitrogens with one attached hydrogen (secondary N) is 2. The zero-order valence-electron chi connectivity index (χ0n) is 26.1. The van der Waals surface area contributed by atoms with Crippen molar-refractivity contribution in [1.82, 2.24) is 15.5 Å². The SMILES string of the molecule is COc1cc(C(=O)CN2CCC(CCNC(=O)C3(c4ccccc4)CCNCC3)(c3ccc(Cl)c(Cl)c3)C2)cc(OC)c1OC. The molecule has 0 aromatic heterocycles. The standard InChI is InChI=1S/C35H41Cl2N3O5/c1-43-30-19-24(20-31(44-2)32(30)45-3)29(41)22-40-18-14-34(23-40,26-9-10-27(36)28(37)21-26)11-17-39-33(42)35(12-15-38-16-13-35)25-7-5-4-6-8-25/h4-10,19-21,38H,11-18,22-23H2,1-3H3,(H,39,42). The summed E-state index contributed by atoms with van der Waals surface area (Å²) in [6.45, 7) is 3.65. The lowest BCUT2D eigenvalue weighted by molar-refractivity contribution is -0.127. The second kappa shape index (κ2) is 14.4. The van der Waals surface area contributed by atoms with Crippen molar-refractivity contribution < 1.29 is 23.8 Å². The molecule has 1 atom stereocenters. The van der Waals surface area contributed by atoms with E-state index in [-0.39, 0.29) is 23.7 Å². The minimum Gasteiger partial charge on any atom is -0.493 e. The van der Waals surface area contributed by atoms with Gasteiger partial charge < -0.3 is 24.8 Å². The van der Waals surface area contributed by atoms with Gasteiger partial charge in [-0.1, -0.05) is 59.6 Å². The number of likely N-dealkylation sites (tertiary alicyclic amines) is 1. The van der Waals surface area contributed by atoms with Crippen molar-refractivity contribution in [3.8, 4) is 17.2 Å². The summed E-state index contributed by atoms with van der Waals surface area (Å²) in [6, 6.07) is 19.2. The molecule has 0 bridgehead atoms. The number of carbonyl (C=O) groups excluding carboxylic acids is 2. The van der Waals surface area contributed by atoms with Crippen LogP contribution < -0.4 is 24.8 Å². The number of halogens is 2. The molecule has 2 N–H and O–H groups in total. The van der Waals surface area contributed by atoms with Crippen LogP contribution in [0.25, 0.3) is 0 Å². The molecule has 2 saturated heterocycles. The van der Waals surface area contributed by atoms with E-state index >= 15 is 0 Å². The Morgan fingerprint density at radius 3 is 2.18 bits per heavy atom. The first-order chi connectivity index (χ1) is 21.7. The van der Waals surface area contributed by atoms with Gasteiger partial charge in [-0.05, 0) is 80.7 Å². The van der Waals surface area contributed by atoms with E-state index in [0.717, 1.165) is 43.5 Å². The van der Waals surface area contributed by atoms with E-state index in [1.165, 1.54) is 21.3 Å². The van der Waals surface area contributed by atoms with E-state index in [1.54, 1.807) is 12.1 Å². The van der Waals surface area contributed by atoms with Crippen LogP contribution in [-0.4, -0.2) is 77.2 Å². The summed E-state index contributed by atoms with van der Waals surface area (Å²) in [5.41, 5.74) is 1.70. The van der Waals surface area contributed by atoms with E-state index in [1.807, 2.05) is 36.4 Å². The first-order valence-corrected chi connectivity index (χ1v) is 16.1. The Hall–Kier alpha value is -3.30. The van der Waals surface area contributed by atoms with Gasteiger partial charge in [0.15, 0.2) is 17.3 Å². The van der Waals surface area contributed by atoms with Gasteiger partial charge in [-0.25, -0.2) is 0 Å². The Labute approximate surface area is 275 Å². The van der Waals surface area contributed by atoms with Gasteiger partial charge in [0.25, 0.3) is 0 Å². The van der Waals surface area contributed by atoms with Gasteiger partial charge in [-0.15, -0.1) is 0 Å². The average Bonchev–Trinajstić information content (AvgIpc) is 3.49. The lowest BCUT2D eigenvalue weighted by atomic mass is 9.72. The fourth-order valence-corrected chi connectivity index (χ4v) is 7.18. The number of ketones is 1. The van der Waals surface area contributed by atoms with Crippen LogP contribution in [0, 0.1) is 0 Å². The number of amides is 1. The zero-order chi connectivity index (χ0) is 32.0. The minimum absolute atomic E-state index is 0.0526. The fourth-order valence-electron chi connectivity index (χ4n) is 6.88. The molecule has 0 saturated carbocycles. The summed E-state index contributed by atoms with van der Waals surface area (Å²) in [4.78, 5) is 29.6. The molecular formula is C35H41Cl2N3O5. The maximum absolute atomic E-state index is 13.9. The first kappa shape index (κ1) is 33.1. The molecular weight excluding hydrogens is 613 g/mol. The number of hydrogen-bond donors (Lipinski definition) is 2. The van der Waals surface area contributed by atoms with Crippen molar-refractivity contribution in [3.63, 3.8) is 0 Å². The molecule has 8 nitrogen and oxygen atoms in total. The van der Waals surface area contributed by atoms with Crippen molar-refractivity contribution in [2.75, 3.05) is 60.6 Å². The number of piperidine rings is 1. The summed E-state index contributed by atoms with van der Waals surface area (Å²) in [5, 5.41) is 7.68. The van der Waals surface area contributed by atoms with E-state index in [4.69, 9.17) is 37.4 Å². The average molecular weight is 655 g/mol. The molecule has 0 spiro atoms. The Morgan fingerprint density at radius 2 is 1.56 bits per heavy atom. The predicted octanol–water partition coefficient (Wildman–Crippen LogP) is 5.67. The van der Waals surface area contributed by atoms with Crippen molar-refractivity contribution in [1.29, 1.82) is 0 Å². The normalized spacial score (nSPS) is 19.6.